The van der Waals surface area contributed by atoms with Gasteiger partial charge in [0, 0.05) is 38.3 Å². The fourth-order valence-electron chi connectivity index (χ4n) is 4.64. The minimum absolute atomic E-state index is 0.303. The summed E-state index contributed by atoms with van der Waals surface area (Å²) in [5.41, 5.74) is 3.23. The number of nitrogens with one attached hydrogen (secondary N) is 1. The predicted molar refractivity (Wildman–Crippen MR) is 160 cm³/mol. The average Bonchev–Trinajstić information content (AvgIpc) is 2.92. The normalized spacial score (nSPS) is 14.5. The molecule has 1 aliphatic rings. The largest absolute Gasteiger partial charge is 0.494 e. The number of esters is 1. The van der Waals surface area contributed by atoms with Crippen LogP contribution in [0.1, 0.15) is 53.5 Å². The second-order valence-corrected chi connectivity index (χ2v) is 11.4. The van der Waals surface area contributed by atoms with Crippen LogP contribution in [0.2, 0.25) is 0 Å². The Kier molecular flexibility index (Phi) is 9.61. The molecule has 0 radical (unpaired) electrons. The standard InChI is InChI=1S/C33H41N3O4/c1-24-12-14-27(39-21-9-16-36-19-17-35(5)18-20-36)23-29(24)31(37)34-30-22-26(25-10-7-6-8-11-25)13-15-28(30)32(38)40-33(2,3)4/h6-8,10-15,22-23H,9,16-21H2,1-5H3,(H,34,37). The van der Waals surface area contributed by atoms with Crippen molar-refractivity contribution in [3.63, 3.8) is 0 Å². The van der Waals surface area contributed by atoms with Gasteiger partial charge in [-0.1, -0.05) is 42.5 Å². The van der Waals surface area contributed by atoms with E-state index in [0.717, 1.165) is 55.8 Å². The van der Waals surface area contributed by atoms with Crippen LogP contribution < -0.4 is 10.1 Å². The topological polar surface area (TPSA) is 71.1 Å². The third-order valence-corrected chi connectivity index (χ3v) is 6.93. The molecule has 0 atom stereocenters. The van der Waals surface area contributed by atoms with Crippen molar-refractivity contribution in [2.45, 2.75) is 39.7 Å². The van der Waals surface area contributed by atoms with E-state index in [1.54, 1.807) is 12.1 Å². The molecule has 212 valence electrons. The first-order valence-corrected chi connectivity index (χ1v) is 14.0. The molecule has 0 saturated carbocycles. The molecule has 3 aromatic rings. The van der Waals surface area contributed by atoms with E-state index in [1.165, 1.54) is 0 Å². The number of rotatable bonds is 9. The Labute approximate surface area is 238 Å². The molecule has 1 saturated heterocycles. The number of benzene rings is 3. The third kappa shape index (κ3) is 8.16. The highest BCUT2D eigenvalue weighted by Crippen LogP contribution is 2.28. The Morgan fingerprint density at radius 3 is 2.30 bits per heavy atom. The van der Waals surface area contributed by atoms with Crippen molar-refractivity contribution in [3.8, 4) is 16.9 Å². The zero-order chi connectivity index (χ0) is 28.7. The lowest BCUT2D eigenvalue weighted by Crippen LogP contribution is -2.44. The van der Waals surface area contributed by atoms with Gasteiger partial charge in [0.25, 0.3) is 5.91 Å². The molecule has 7 heteroatoms. The zero-order valence-corrected chi connectivity index (χ0v) is 24.3. The van der Waals surface area contributed by atoms with Crippen LogP contribution in [0, 0.1) is 6.92 Å². The third-order valence-electron chi connectivity index (χ3n) is 6.93. The smallest absolute Gasteiger partial charge is 0.340 e. The van der Waals surface area contributed by atoms with Gasteiger partial charge in [0.15, 0.2) is 0 Å². The van der Waals surface area contributed by atoms with E-state index in [-0.39, 0.29) is 5.91 Å². The minimum Gasteiger partial charge on any atom is -0.494 e. The van der Waals surface area contributed by atoms with Gasteiger partial charge in [-0.15, -0.1) is 0 Å². The summed E-state index contributed by atoms with van der Waals surface area (Å²) >= 11 is 0. The summed E-state index contributed by atoms with van der Waals surface area (Å²) < 4.78 is 11.6. The molecule has 1 amide bonds. The van der Waals surface area contributed by atoms with Gasteiger partial charge in [0.2, 0.25) is 0 Å². The van der Waals surface area contributed by atoms with Crippen LogP contribution in [0.3, 0.4) is 0 Å². The number of hydrogen-bond donors (Lipinski definition) is 1. The monoisotopic (exact) mass is 543 g/mol. The van der Waals surface area contributed by atoms with Crippen molar-refractivity contribution in [1.82, 2.24) is 9.80 Å². The summed E-state index contributed by atoms with van der Waals surface area (Å²) in [6.07, 6.45) is 0.921. The second-order valence-electron chi connectivity index (χ2n) is 11.4. The van der Waals surface area contributed by atoms with E-state index in [2.05, 4.69) is 22.2 Å². The van der Waals surface area contributed by atoms with E-state index in [0.29, 0.717) is 29.2 Å². The summed E-state index contributed by atoms with van der Waals surface area (Å²) in [6, 6.07) is 20.8. The molecular weight excluding hydrogens is 502 g/mol. The quantitative estimate of drug-likeness (QED) is 0.268. The molecule has 3 aromatic carbocycles. The molecule has 0 aromatic heterocycles. The second kappa shape index (κ2) is 13.1. The number of ether oxygens (including phenoxy) is 2. The number of carbonyl (C=O) groups excluding carboxylic acids is 2. The Bertz CT molecular complexity index is 1310. The van der Waals surface area contributed by atoms with Gasteiger partial charge in [-0.25, -0.2) is 4.79 Å². The molecular formula is C33H41N3O4. The Hall–Kier alpha value is -3.68. The van der Waals surface area contributed by atoms with Gasteiger partial charge in [0.1, 0.15) is 11.4 Å². The molecule has 1 heterocycles. The lowest BCUT2D eigenvalue weighted by Gasteiger charge is -2.32. The van der Waals surface area contributed by atoms with E-state index >= 15 is 0 Å². The maximum absolute atomic E-state index is 13.5. The summed E-state index contributed by atoms with van der Waals surface area (Å²) in [7, 11) is 2.16. The first-order valence-electron chi connectivity index (χ1n) is 14.0. The molecule has 1 aliphatic heterocycles. The molecule has 7 nitrogen and oxygen atoms in total. The number of likely N-dealkylation sites (N-methyl/N-ethyl adjacent to an activating group) is 1. The maximum atomic E-state index is 13.5. The van der Waals surface area contributed by atoms with Gasteiger partial charge in [-0.3, -0.25) is 4.79 Å². The molecule has 0 unspecified atom stereocenters. The number of anilines is 1. The minimum atomic E-state index is -0.664. The zero-order valence-electron chi connectivity index (χ0n) is 24.3. The van der Waals surface area contributed by atoms with Gasteiger partial charge < -0.3 is 24.6 Å². The van der Waals surface area contributed by atoms with Crippen molar-refractivity contribution < 1.29 is 19.1 Å². The fraction of sp³-hybridized carbons (Fsp3) is 0.394. The summed E-state index contributed by atoms with van der Waals surface area (Å²) in [4.78, 5) is 31.4. The van der Waals surface area contributed by atoms with Crippen molar-refractivity contribution in [2.24, 2.45) is 0 Å². The number of aryl methyl sites for hydroxylation is 1. The summed E-state index contributed by atoms with van der Waals surface area (Å²) in [5.74, 6) is -0.147. The highest BCUT2D eigenvalue weighted by Gasteiger charge is 2.23. The maximum Gasteiger partial charge on any atom is 0.340 e. The van der Waals surface area contributed by atoms with Crippen LogP contribution in [0.15, 0.2) is 66.7 Å². The molecule has 1 N–H and O–H groups in total. The Balaban J connectivity index is 1.49. The molecule has 0 aliphatic carbocycles. The fourth-order valence-corrected chi connectivity index (χ4v) is 4.64. The number of piperazine rings is 1. The van der Waals surface area contributed by atoms with Crippen LogP contribution in [-0.2, 0) is 4.74 Å². The number of nitrogens with zero attached hydrogens (tertiary/aromatic N) is 2. The van der Waals surface area contributed by atoms with Crippen LogP contribution >= 0.6 is 0 Å². The SMILES string of the molecule is Cc1ccc(OCCCN2CCN(C)CC2)cc1C(=O)Nc1cc(-c2ccccc2)ccc1C(=O)OC(C)(C)C. The van der Waals surface area contributed by atoms with Crippen LogP contribution in [0.4, 0.5) is 5.69 Å². The first-order chi connectivity index (χ1) is 19.1. The van der Waals surface area contributed by atoms with Crippen LogP contribution in [-0.4, -0.2) is 73.7 Å². The van der Waals surface area contributed by atoms with E-state index in [9.17, 15) is 9.59 Å². The van der Waals surface area contributed by atoms with Crippen molar-refractivity contribution in [3.05, 3.63) is 83.4 Å². The number of amides is 1. The molecule has 1 fully saturated rings. The highest BCUT2D eigenvalue weighted by molar-refractivity contribution is 6.09. The van der Waals surface area contributed by atoms with E-state index < -0.39 is 11.6 Å². The van der Waals surface area contributed by atoms with Crippen LogP contribution in [0.25, 0.3) is 11.1 Å². The van der Waals surface area contributed by atoms with Crippen molar-refractivity contribution in [1.29, 1.82) is 0 Å². The van der Waals surface area contributed by atoms with E-state index in [1.807, 2.05) is 82.3 Å². The molecule has 40 heavy (non-hydrogen) atoms. The lowest BCUT2D eigenvalue weighted by molar-refractivity contribution is 0.00707. The Morgan fingerprint density at radius 2 is 1.60 bits per heavy atom. The lowest BCUT2D eigenvalue weighted by atomic mass is 10.0. The van der Waals surface area contributed by atoms with Crippen molar-refractivity contribution >= 4 is 17.6 Å². The first kappa shape index (κ1) is 29.3. The van der Waals surface area contributed by atoms with Gasteiger partial charge in [-0.05, 0) is 82.1 Å². The summed E-state index contributed by atoms with van der Waals surface area (Å²) in [6.45, 7) is 13.3. The molecule has 0 spiro atoms. The molecule has 0 bridgehead atoms. The van der Waals surface area contributed by atoms with E-state index in [4.69, 9.17) is 9.47 Å². The van der Waals surface area contributed by atoms with Gasteiger partial charge in [-0.2, -0.15) is 0 Å². The van der Waals surface area contributed by atoms with Gasteiger partial charge in [0.05, 0.1) is 17.9 Å². The van der Waals surface area contributed by atoms with Crippen LogP contribution in [0.5, 0.6) is 5.75 Å². The highest BCUT2D eigenvalue weighted by atomic mass is 16.6. The van der Waals surface area contributed by atoms with Gasteiger partial charge >= 0.3 is 5.97 Å². The number of hydrogen-bond acceptors (Lipinski definition) is 6. The Morgan fingerprint density at radius 1 is 0.875 bits per heavy atom. The van der Waals surface area contributed by atoms with Crippen molar-refractivity contribution in [2.75, 3.05) is 51.7 Å². The summed E-state index contributed by atoms with van der Waals surface area (Å²) in [5, 5.41) is 2.98. The number of carbonyl (C=O) groups is 2. The average molecular weight is 544 g/mol. The molecule has 4 rings (SSSR count). The predicted octanol–water partition coefficient (Wildman–Crippen LogP) is 5.89.